The summed E-state index contributed by atoms with van der Waals surface area (Å²) >= 11 is 0. The summed E-state index contributed by atoms with van der Waals surface area (Å²) in [6.07, 6.45) is 10.1. The average molecular weight is 613 g/mol. The topological polar surface area (TPSA) is 90.6 Å². The van der Waals surface area contributed by atoms with E-state index in [9.17, 15) is 10.5 Å². The minimum Gasteiger partial charge on any atom is -0.267 e. The van der Waals surface area contributed by atoms with Crippen molar-refractivity contribution >= 4 is 5.69 Å². The Hall–Kier alpha value is -7.20. The standard InChI is InChI=1S/C42H24N6/c1-45-42-13-16-48-27-41(42)33-10-4-7-30(19-33)38-21-36(28-5-2-8-31(17-28)39-25-46-14-11-34(39)23-43)20-37(22-38)29-6-3-9-32(18-29)40-26-47-15-12-35(40)24-44/h2-22,25-27H. The van der Waals surface area contributed by atoms with E-state index in [1.54, 1.807) is 55.4 Å². The molecule has 0 atom stereocenters. The molecule has 6 heteroatoms. The van der Waals surface area contributed by atoms with Gasteiger partial charge in [-0.1, -0.05) is 54.6 Å². The molecule has 0 saturated heterocycles. The molecule has 0 fully saturated rings. The Bertz CT molecular complexity index is 2170. The lowest BCUT2D eigenvalue weighted by Gasteiger charge is -2.14. The number of hydrogen-bond acceptors (Lipinski definition) is 5. The predicted octanol–water partition coefficient (Wildman–Crippen LogP) is 10.2. The van der Waals surface area contributed by atoms with Gasteiger partial charge in [-0.05, 0) is 105 Å². The highest BCUT2D eigenvalue weighted by molar-refractivity contribution is 5.87. The van der Waals surface area contributed by atoms with Gasteiger partial charge in [0.05, 0.1) is 29.8 Å². The van der Waals surface area contributed by atoms with E-state index in [1.165, 1.54) is 0 Å². The summed E-state index contributed by atoms with van der Waals surface area (Å²) < 4.78 is 0. The number of pyridine rings is 3. The molecular formula is C42H24N6. The van der Waals surface area contributed by atoms with Crippen LogP contribution in [-0.2, 0) is 0 Å². The van der Waals surface area contributed by atoms with Gasteiger partial charge < -0.3 is 0 Å². The number of benzene rings is 4. The maximum absolute atomic E-state index is 9.75. The van der Waals surface area contributed by atoms with E-state index in [0.717, 1.165) is 66.8 Å². The lowest BCUT2D eigenvalue weighted by atomic mass is 9.90. The molecule has 0 N–H and O–H groups in total. The quantitative estimate of drug-likeness (QED) is 0.174. The van der Waals surface area contributed by atoms with Crippen molar-refractivity contribution < 1.29 is 0 Å². The first-order chi connectivity index (χ1) is 23.6. The summed E-state index contributed by atoms with van der Waals surface area (Å²) in [5, 5.41) is 19.5. The van der Waals surface area contributed by atoms with Gasteiger partial charge in [0.25, 0.3) is 0 Å². The Morgan fingerprint density at radius 1 is 0.438 bits per heavy atom. The van der Waals surface area contributed by atoms with E-state index in [0.29, 0.717) is 16.8 Å². The first-order valence-corrected chi connectivity index (χ1v) is 15.1. The number of nitriles is 2. The van der Waals surface area contributed by atoms with Crippen molar-refractivity contribution in [3.05, 3.63) is 169 Å². The molecule has 0 bridgehead atoms. The Labute approximate surface area is 278 Å². The van der Waals surface area contributed by atoms with E-state index in [4.69, 9.17) is 6.57 Å². The first-order valence-electron chi connectivity index (χ1n) is 15.1. The van der Waals surface area contributed by atoms with E-state index in [2.05, 4.69) is 86.5 Å². The molecule has 0 saturated carbocycles. The van der Waals surface area contributed by atoms with Gasteiger partial charge in [-0.2, -0.15) is 10.5 Å². The Balaban J connectivity index is 1.41. The third-order valence-electron chi connectivity index (χ3n) is 8.26. The third-order valence-corrected chi connectivity index (χ3v) is 8.26. The smallest absolute Gasteiger partial charge is 0.197 e. The van der Waals surface area contributed by atoms with E-state index < -0.39 is 0 Å². The molecule has 0 aliphatic rings. The molecule has 48 heavy (non-hydrogen) atoms. The summed E-state index contributed by atoms with van der Waals surface area (Å²) in [4.78, 5) is 16.5. The van der Waals surface area contributed by atoms with Gasteiger partial charge in [0, 0.05) is 53.9 Å². The van der Waals surface area contributed by atoms with Crippen LogP contribution in [0.25, 0.3) is 71.6 Å². The molecule has 0 aliphatic carbocycles. The molecule has 0 radical (unpaired) electrons. The number of nitrogens with zero attached hydrogens (tertiary/aromatic N) is 6. The van der Waals surface area contributed by atoms with Gasteiger partial charge in [-0.3, -0.25) is 15.0 Å². The molecule has 6 nitrogen and oxygen atoms in total. The first kappa shape index (κ1) is 29.5. The van der Waals surface area contributed by atoms with Crippen molar-refractivity contribution in [2.75, 3.05) is 0 Å². The predicted molar refractivity (Wildman–Crippen MR) is 188 cm³/mol. The van der Waals surface area contributed by atoms with Gasteiger partial charge in [-0.25, -0.2) is 4.85 Å². The maximum atomic E-state index is 9.75. The van der Waals surface area contributed by atoms with E-state index in [1.807, 2.05) is 36.4 Å². The highest BCUT2D eigenvalue weighted by Crippen LogP contribution is 2.38. The second-order valence-electron chi connectivity index (χ2n) is 11.1. The number of rotatable bonds is 6. The van der Waals surface area contributed by atoms with E-state index >= 15 is 0 Å². The second kappa shape index (κ2) is 13.0. The van der Waals surface area contributed by atoms with Crippen LogP contribution in [0.4, 0.5) is 5.69 Å². The lowest BCUT2D eigenvalue weighted by Crippen LogP contribution is -1.90. The summed E-state index contributed by atoms with van der Waals surface area (Å²) in [6.45, 7) is 7.66. The average Bonchev–Trinajstić information content (AvgIpc) is 3.17. The highest BCUT2D eigenvalue weighted by atomic mass is 14.7. The van der Waals surface area contributed by atoms with Crippen molar-refractivity contribution in [1.82, 2.24) is 15.0 Å². The Morgan fingerprint density at radius 2 is 0.792 bits per heavy atom. The van der Waals surface area contributed by atoms with Crippen molar-refractivity contribution in [3.8, 4) is 78.9 Å². The monoisotopic (exact) mass is 612 g/mol. The van der Waals surface area contributed by atoms with Crippen molar-refractivity contribution in [3.63, 3.8) is 0 Å². The zero-order valence-electron chi connectivity index (χ0n) is 25.5. The lowest BCUT2D eigenvalue weighted by molar-refractivity contribution is 1.31. The van der Waals surface area contributed by atoms with Crippen LogP contribution in [-0.4, -0.2) is 15.0 Å². The molecule has 0 unspecified atom stereocenters. The van der Waals surface area contributed by atoms with Gasteiger partial charge in [0.2, 0.25) is 0 Å². The molecule has 7 aromatic rings. The van der Waals surface area contributed by atoms with E-state index in [-0.39, 0.29) is 0 Å². The summed E-state index contributed by atoms with van der Waals surface area (Å²) in [7, 11) is 0. The van der Waals surface area contributed by atoms with Crippen LogP contribution >= 0.6 is 0 Å². The van der Waals surface area contributed by atoms with Crippen LogP contribution in [0.15, 0.2) is 146 Å². The summed E-state index contributed by atoms with van der Waals surface area (Å²) in [5.41, 5.74) is 12.6. The second-order valence-corrected chi connectivity index (χ2v) is 11.1. The Morgan fingerprint density at radius 3 is 1.21 bits per heavy atom. The third kappa shape index (κ3) is 5.80. The van der Waals surface area contributed by atoms with Crippen LogP contribution < -0.4 is 0 Å². The fourth-order valence-electron chi connectivity index (χ4n) is 5.88. The van der Waals surface area contributed by atoms with Crippen LogP contribution in [0.3, 0.4) is 0 Å². The SMILES string of the molecule is [C-]#[N+]c1ccncc1-c1cccc(-c2cc(-c3cccc(-c4cnccc4C#N)c3)cc(-c3cccc(-c4cnccc4C#N)c3)c2)c1. The molecule has 222 valence electrons. The number of hydrogen-bond donors (Lipinski definition) is 0. The van der Waals surface area contributed by atoms with Crippen LogP contribution in [0, 0.1) is 29.2 Å². The minimum atomic E-state index is 0.546. The van der Waals surface area contributed by atoms with Gasteiger partial charge in [0.1, 0.15) is 0 Å². The van der Waals surface area contributed by atoms with Gasteiger partial charge in [0.15, 0.2) is 5.69 Å². The van der Waals surface area contributed by atoms with Crippen molar-refractivity contribution in [2.45, 2.75) is 0 Å². The minimum absolute atomic E-state index is 0.546. The van der Waals surface area contributed by atoms with Crippen LogP contribution in [0.1, 0.15) is 11.1 Å². The molecule has 0 aliphatic heterocycles. The molecule has 3 aromatic heterocycles. The fraction of sp³-hybridized carbons (Fsp3) is 0. The van der Waals surface area contributed by atoms with Gasteiger partial charge in [-0.15, -0.1) is 0 Å². The van der Waals surface area contributed by atoms with Crippen molar-refractivity contribution in [2.24, 2.45) is 0 Å². The molecule has 3 heterocycles. The zero-order valence-corrected chi connectivity index (χ0v) is 25.5. The van der Waals surface area contributed by atoms with Crippen LogP contribution in [0.2, 0.25) is 0 Å². The molecule has 4 aromatic carbocycles. The number of aromatic nitrogens is 3. The fourth-order valence-corrected chi connectivity index (χ4v) is 5.88. The largest absolute Gasteiger partial charge is 0.267 e. The molecule has 0 amide bonds. The van der Waals surface area contributed by atoms with Gasteiger partial charge >= 0.3 is 0 Å². The van der Waals surface area contributed by atoms with Crippen LogP contribution in [0.5, 0.6) is 0 Å². The normalized spacial score (nSPS) is 10.4. The highest BCUT2D eigenvalue weighted by Gasteiger charge is 2.13. The molecule has 7 rings (SSSR count). The molecular weight excluding hydrogens is 589 g/mol. The zero-order chi connectivity index (χ0) is 32.9. The summed E-state index contributed by atoms with van der Waals surface area (Å²) in [5.74, 6) is 0. The maximum Gasteiger partial charge on any atom is 0.197 e. The summed E-state index contributed by atoms with van der Waals surface area (Å²) in [6, 6.07) is 40.6. The molecule has 0 spiro atoms. The Kier molecular flexibility index (Phi) is 8.01. The van der Waals surface area contributed by atoms with Crippen molar-refractivity contribution in [1.29, 1.82) is 10.5 Å².